The Kier molecular flexibility index (Phi) is 6.08. The number of nitrogens with zero attached hydrogens (tertiary/aromatic N) is 1. The van der Waals surface area contributed by atoms with E-state index in [0.29, 0.717) is 13.0 Å². The Labute approximate surface area is 163 Å². The van der Waals surface area contributed by atoms with Gasteiger partial charge in [-0.05, 0) is 30.7 Å². The summed E-state index contributed by atoms with van der Waals surface area (Å²) in [5.41, 5.74) is 3.86. The van der Waals surface area contributed by atoms with E-state index in [9.17, 15) is 4.79 Å². The number of aromatic nitrogens is 1. The Hall–Kier alpha value is -2.86. The van der Waals surface area contributed by atoms with E-state index in [1.165, 1.54) is 0 Å². The molecule has 3 aromatic rings. The molecule has 1 heterocycles. The minimum Gasteiger partial charge on any atom is -0.497 e. The van der Waals surface area contributed by atoms with Crippen molar-refractivity contribution in [2.45, 2.75) is 19.9 Å². The van der Waals surface area contributed by atoms with Crippen molar-refractivity contribution in [1.82, 2.24) is 10.3 Å². The average molecular weight is 382 g/mol. The molecule has 3 rings (SSSR count). The van der Waals surface area contributed by atoms with Crippen LogP contribution in [0, 0.1) is 6.92 Å². The molecule has 140 valence electrons. The first-order chi connectivity index (χ1) is 13.1. The highest BCUT2D eigenvalue weighted by molar-refractivity contribution is 7.09. The SMILES string of the molecule is COc1ccc(OC)c(CNC(=O)Cc2ccc(-c3csc(C)n3)cc2)c1. The maximum Gasteiger partial charge on any atom is 0.224 e. The summed E-state index contributed by atoms with van der Waals surface area (Å²) < 4.78 is 10.6. The Balaban J connectivity index is 1.59. The molecule has 1 N–H and O–H groups in total. The zero-order valence-electron chi connectivity index (χ0n) is 15.6. The van der Waals surface area contributed by atoms with Gasteiger partial charge in [0.1, 0.15) is 11.5 Å². The van der Waals surface area contributed by atoms with Crippen molar-refractivity contribution < 1.29 is 14.3 Å². The first kappa shape index (κ1) is 18.9. The number of aryl methyl sites for hydroxylation is 1. The zero-order valence-corrected chi connectivity index (χ0v) is 16.4. The lowest BCUT2D eigenvalue weighted by Gasteiger charge is -2.11. The van der Waals surface area contributed by atoms with Gasteiger partial charge in [-0.15, -0.1) is 11.3 Å². The second kappa shape index (κ2) is 8.68. The molecule has 0 unspecified atom stereocenters. The number of rotatable bonds is 7. The molecule has 0 aliphatic carbocycles. The van der Waals surface area contributed by atoms with Crippen LogP contribution in [0.15, 0.2) is 47.8 Å². The van der Waals surface area contributed by atoms with Gasteiger partial charge in [-0.3, -0.25) is 4.79 Å². The normalized spacial score (nSPS) is 10.5. The fourth-order valence-corrected chi connectivity index (χ4v) is 3.37. The maximum absolute atomic E-state index is 12.3. The molecule has 27 heavy (non-hydrogen) atoms. The first-order valence-electron chi connectivity index (χ1n) is 8.58. The minimum absolute atomic E-state index is 0.0443. The van der Waals surface area contributed by atoms with E-state index in [0.717, 1.165) is 38.9 Å². The lowest BCUT2D eigenvalue weighted by atomic mass is 10.1. The zero-order chi connectivity index (χ0) is 19.2. The lowest BCUT2D eigenvalue weighted by Crippen LogP contribution is -2.24. The first-order valence-corrected chi connectivity index (χ1v) is 9.46. The number of thiazole rings is 1. The maximum atomic E-state index is 12.3. The third kappa shape index (κ3) is 4.86. The molecule has 0 aliphatic heterocycles. The van der Waals surface area contributed by atoms with Crippen LogP contribution in [0.5, 0.6) is 11.5 Å². The number of carbonyl (C=O) groups excluding carboxylic acids is 1. The summed E-state index contributed by atoms with van der Waals surface area (Å²) in [4.78, 5) is 16.8. The van der Waals surface area contributed by atoms with Gasteiger partial charge in [0.25, 0.3) is 0 Å². The van der Waals surface area contributed by atoms with E-state index in [1.807, 2.05) is 54.8 Å². The molecule has 0 aliphatic rings. The largest absolute Gasteiger partial charge is 0.497 e. The molecular weight excluding hydrogens is 360 g/mol. The Morgan fingerprint density at radius 3 is 2.52 bits per heavy atom. The van der Waals surface area contributed by atoms with E-state index in [2.05, 4.69) is 10.3 Å². The molecule has 5 nitrogen and oxygen atoms in total. The molecular formula is C21H22N2O3S. The van der Waals surface area contributed by atoms with Crippen LogP contribution in [0.2, 0.25) is 0 Å². The molecule has 0 bridgehead atoms. The smallest absolute Gasteiger partial charge is 0.224 e. The van der Waals surface area contributed by atoms with Crippen molar-refractivity contribution in [1.29, 1.82) is 0 Å². The summed E-state index contributed by atoms with van der Waals surface area (Å²) in [5, 5.41) is 6.02. The van der Waals surface area contributed by atoms with E-state index >= 15 is 0 Å². The number of methoxy groups -OCH3 is 2. The van der Waals surface area contributed by atoms with Crippen LogP contribution < -0.4 is 14.8 Å². The highest BCUT2D eigenvalue weighted by Gasteiger charge is 2.09. The number of ether oxygens (including phenoxy) is 2. The minimum atomic E-state index is -0.0443. The predicted molar refractivity (Wildman–Crippen MR) is 107 cm³/mol. The van der Waals surface area contributed by atoms with Crippen molar-refractivity contribution in [3.63, 3.8) is 0 Å². The van der Waals surface area contributed by atoms with Crippen LogP contribution in [0.3, 0.4) is 0 Å². The lowest BCUT2D eigenvalue weighted by molar-refractivity contribution is -0.120. The third-order valence-corrected chi connectivity index (χ3v) is 4.97. The van der Waals surface area contributed by atoms with Crippen LogP contribution in [0.25, 0.3) is 11.3 Å². The summed E-state index contributed by atoms with van der Waals surface area (Å²) in [6, 6.07) is 13.5. The summed E-state index contributed by atoms with van der Waals surface area (Å²) in [6.45, 7) is 2.37. The predicted octanol–water partition coefficient (Wildman–Crippen LogP) is 3.99. The van der Waals surface area contributed by atoms with E-state index in [1.54, 1.807) is 25.6 Å². The fraction of sp³-hybridized carbons (Fsp3) is 0.238. The highest BCUT2D eigenvalue weighted by atomic mass is 32.1. The molecule has 0 saturated carbocycles. The van der Waals surface area contributed by atoms with Gasteiger partial charge < -0.3 is 14.8 Å². The second-order valence-corrected chi connectivity index (χ2v) is 7.14. The van der Waals surface area contributed by atoms with Gasteiger partial charge in [0.2, 0.25) is 5.91 Å². The number of nitrogens with one attached hydrogen (secondary N) is 1. The third-order valence-electron chi connectivity index (χ3n) is 4.20. The number of amides is 1. The van der Waals surface area contributed by atoms with Gasteiger partial charge in [-0.2, -0.15) is 0 Å². The van der Waals surface area contributed by atoms with Crippen LogP contribution in [0.1, 0.15) is 16.1 Å². The van der Waals surface area contributed by atoms with Gasteiger partial charge in [0, 0.05) is 23.1 Å². The Bertz CT molecular complexity index is 919. The molecule has 0 spiro atoms. The molecule has 0 atom stereocenters. The number of benzene rings is 2. The Morgan fingerprint density at radius 1 is 1.11 bits per heavy atom. The van der Waals surface area contributed by atoms with Crippen LogP contribution in [0.4, 0.5) is 0 Å². The fourth-order valence-electron chi connectivity index (χ4n) is 2.75. The second-order valence-electron chi connectivity index (χ2n) is 6.08. The van der Waals surface area contributed by atoms with Crippen LogP contribution >= 0.6 is 11.3 Å². The van der Waals surface area contributed by atoms with Gasteiger partial charge in [0.15, 0.2) is 0 Å². The van der Waals surface area contributed by atoms with Crippen molar-refractivity contribution in [3.8, 4) is 22.8 Å². The standard InChI is InChI=1S/C21H22N2O3S/c1-14-23-19(13-27-14)16-6-4-15(5-7-16)10-21(24)22-12-17-11-18(25-2)8-9-20(17)26-3/h4-9,11,13H,10,12H2,1-3H3,(H,22,24). The number of carbonyl (C=O) groups is 1. The summed E-state index contributed by atoms with van der Waals surface area (Å²) in [6.07, 6.45) is 0.322. The van der Waals surface area contributed by atoms with Crippen molar-refractivity contribution in [2.75, 3.05) is 14.2 Å². The number of hydrogen-bond donors (Lipinski definition) is 1. The van der Waals surface area contributed by atoms with Crippen LogP contribution in [-0.2, 0) is 17.8 Å². The average Bonchev–Trinajstić information content (AvgIpc) is 3.13. The molecule has 0 radical (unpaired) electrons. The van der Waals surface area contributed by atoms with E-state index in [-0.39, 0.29) is 5.91 Å². The van der Waals surface area contributed by atoms with Gasteiger partial charge in [-0.25, -0.2) is 4.98 Å². The highest BCUT2D eigenvalue weighted by Crippen LogP contribution is 2.24. The quantitative estimate of drug-likeness (QED) is 0.671. The van der Waals surface area contributed by atoms with Gasteiger partial charge in [-0.1, -0.05) is 24.3 Å². The summed E-state index contributed by atoms with van der Waals surface area (Å²) in [7, 11) is 3.22. The molecule has 2 aromatic carbocycles. The molecule has 1 amide bonds. The van der Waals surface area contributed by atoms with Crippen molar-refractivity contribution >= 4 is 17.2 Å². The van der Waals surface area contributed by atoms with Crippen molar-refractivity contribution in [3.05, 3.63) is 64.0 Å². The monoisotopic (exact) mass is 382 g/mol. The van der Waals surface area contributed by atoms with Crippen molar-refractivity contribution in [2.24, 2.45) is 0 Å². The van der Waals surface area contributed by atoms with Gasteiger partial charge >= 0.3 is 0 Å². The molecule has 1 aromatic heterocycles. The molecule has 6 heteroatoms. The van der Waals surface area contributed by atoms with Gasteiger partial charge in [0.05, 0.1) is 31.3 Å². The topological polar surface area (TPSA) is 60.5 Å². The summed E-state index contributed by atoms with van der Waals surface area (Å²) >= 11 is 1.63. The summed E-state index contributed by atoms with van der Waals surface area (Å²) in [5.74, 6) is 1.41. The Morgan fingerprint density at radius 2 is 1.89 bits per heavy atom. The van der Waals surface area contributed by atoms with Crippen LogP contribution in [-0.4, -0.2) is 25.1 Å². The van der Waals surface area contributed by atoms with E-state index < -0.39 is 0 Å². The van der Waals surface area contributed by atoms with E-state index in [4.69, 9.17) is 9.47 Å². The molecule has 0 fully saturated rings. The molecule has 0 saturated heterocycles. The number of hydrogen-bond acceptors (Lipinski definition) is 5.